The van der Waals surface area contributed by atoms with Crippen molar-refractivity contribution in [1.29, 1.82) is 0 Å². The van der Waals surface area contributed by atoms with E-state index in [0.29, 0.717) is 6.04 Å². The number of amidine groups is 1. The second-order valence-electron chi connectivity index (χ2n) is 8.74. The number of likely N-dealkylation sites (tertiary alicyclic amines) is 1. The molecule has 0 bridgehead atoms. The molecule has 2 heterocycles. The van der Waals surface area contributed by atoms with E-state index in [4.69, 9.17) is 9.98 Å². The van der Waals surface area contributed by atoms with Crippen LogP contribution in [0.15, 0.2) is 89.9 Å². The molecule has 0 amide bonds. The van der Waals surface area contributed by atoms with E-state index in [-0.39, 0.29) is 0 Å². The molecule has 0 spiro atoms. The molecule has 3 aromatic carbocycles. The molecule has 0 saturated carbocycles. The first-order valence-corrected chi connectivity index (χ1v) is 12.5. The molecule has 0 unspecified atom stereocenters. The summed E-state index contributed by atoms with van der Waals surface area (Å²) in [6.07, 6.45) is 3.69. The lowest BCUT2D eigenvalue weighted by atomic mass is 10.0. The second kappa shape index (κ2) is 9.72. The van der Waals surface area contributed by atoms with Gasteiger partial charge in [0.2, 0.25) is 0 Å². The highest BCUT2D eigenvalue weighted by Gasteiger charge is 2.24. The molecule has 0 N–H and O–H groups in total. The molecule has 4 aromatic rings. The highest BCUT2D eigenvalue weighted by molar-refractivity contribution is 7.19. The van der Waals surface area contributed by atoms with Gasteiger partial charge in [0, 0.05) is 29.3 Å². The van der Waals surface area contributed by atoms with Gasteiger partial charge in [-0.05, 0) is 33.1 Å². The van der Waals surface area contributed by atoms with Crippen LogP contribution in [0, 0.1) is 6.92 Å². The molecular weight excluding hydrogens is 422 g/mol. The number of rotatable bonds is 4. The summed E-state index contributed by atoms with van der Waals surface area (Å²) < 4.78 is 0. The summed E-state index contributed by atoms with van der Waals surface area (Å²) in [4.78, 5) is 12.9. The van der Waals surface area contributed by atoms with Crippen molar-refractivity contribution in [2.24, 2.45) is 4.99 Å². The zero-order valence-electron chi connectivity index (χ0n) is 19.2. The second-order valence-corrected chi connectivity index (χ2v) is 9.72. The van der Waals surface area contributed by atoms with Crippen molar-refractivity contribution in [2.75, 3.05) is 6.54 Å². The molecule has 3 nitrogen and oxygen atoms in total. The summed E-state index contributed by atoms with van der Waals surface area (Å²) in [7, 11) is 0. The van der Waals surface area contributed by atoms with Crippen LogP contribution in [0.1, 0.15) is 37.3 Å². The smallest absolute Gasteiger partial charge is 0.146 e. The molecule has 1 saturated heterocycles. The van der Waals surface area contributed by atoms with Crippen LogP contribution in [0.5, 0.6) is 0 Å². The average Bonchev–Trinajstić information content (AvgIpc) is 3.29. The molecule has 4 heteroatoms. The zero-order valence-corrected chi connectivity index (χ0v) is 20.1. The third-order valence-electron chi connectivity index (χ3n) is 6.27. The van der Waals surface area contributed by atoms with Crippen molar-refractivity contribution in [2.45, 2.75) is 39.2 Å². The molecule has 166 valence electrons. The number of aromatic nitrogens is 1. The number of hydrogen-bond donors (Lipinski definition) is 0. The molecule has 0 aliphatic carbocycles. The van der Waals surface area contributed by atoms with Crippen LogP contribution in [0.4, 0.5) is 5.00 Å². The standard InChI is InChI=1S/C29H29N3S/c1-21-16-18-24(19-17-21)27(32-20-10-9-11-22(32)2)31-29-26(23-12-5-3-6-13-23)30-28(33-29)25-14-7-4-8-15-25/h3-8,12-19,22H,9-11,20H2,1-2H3/t22-/m0/s1. The first-order chi connectivity index (χ1) is 16.2. The van der Waals surface area contributed by atoms with Gasteiger partial charge in [-0.15, -0.1) is 0 Å². The summed E-state index contributed by atoms with van der Waals surface area (Å²) in [5.74, 6) is 1.06. The Morgan fingerprint density at radius 1 is 0.879 bits per heavy atom. The van der Waals surface area contributed by atoms with Gasteiger partial charge < -0.3 is 4.90 Å². The lowest BCUT2D eigenvalue weighted by molar-refractivity contribution is 0.259. The minimum absolute atomic E-state index is 0.473. The number of aliphatic imine (C=N–C) groups is 1. The monoisotopic (exact) mass is 451 g/mol. The normalized spacial score (nSPS) is 16.7. The minimum atomic E-state index is 0.473. The van der Waals surface area contributed by atoms with Gasteiger partial charge in [-0.3, -0.25) is 0 Å². The van der Waals surface area contributed by atoms with Crippen molar-refractivity contribution < 1.29 is 0 Å². The summed E-state index contributed by atoms with van der Waals surface area (Å²) in [6, 6.07) is 30.1. The quantitative estimate of drug-likeness (QED) is 0.234. The molecule has 5 rings (SSSR count). The molecule has 33 heavy (non-hydrogen) atoms. The Kier molecular flexibility index (Phi) is 6.36. The Bertz CT molecular complexity index is 1230. The van der Waals surface area contributed by atoms with Crippen molar-refractivity contribution in [3.63, 3.8) is 0 Å². The van der Waals surface area contributed by atoms with Crippen LogP contribution < -0.4 is 0 Å². The Balaban J connectivity index is 1.67. The van der Waals surface area contributed by atoms with E-state index >= 15 is 0 Å². The summed E-state index contributed by atoms with van der Waals surface area (Å²) in [5.41, 5.74) is 5.62. The van der Waals surface area contributed by atoms with Gasteiger partial charge in [0.05, 0.1) is 0 Å². The lowest BCUT2D eigenvalue weighted by Crippen LogP contribution is -2.42. The maximum absolute atomic E-state index is 5.35. The van der Waals surface area contributed by atoms with E-state index in [2.05, 4.69) is 91.5 Å². The fourth-order valence-corrected chi connectivity index (χ4v) is 5.35. The largest absolute Gasteiger partial charge is 0.353 e. The Hall–Kier alpha value is -3.24. The Morgan fingerprint density at radius 3 is 2.21 bits per heavy atom. The summed E-state index contributed by atoms with van der Waals surface area (Å²) in [5, 5.41) is 1.97. The minimum Gasteiger partial charge on any atom is -0.353 e. The van der Waals surface area contributed by atoms with E-state index in [1.54, 1.807) is 11.3 Å². The number of thiazole rings is 1. The van der Waals surface area contributed by atoms with Crippen molar-refractivity contribution >= 4 is 22.2 Å². The predicted octanol–water partition coefficient (Wildman–Crippen LogP) is 7.74. The van der Waals surface area contributed by atoms with Crippen molar-refractivity contribution in [1.82, 2.24) is 9.88 Å². The first kappa shape index (κ1) is 21.6. The molecule has 1 fully saturated rings. The number of hydrogen-bond acceptors (Lipinski definition) is 3. The van der Waals surface area contributed by atoms with Crippen LogP contribution in [0.25, 0.3) is 21.8 Å². The summed E-state index contributed by atoms with van der Waals surface area (Å²) >= 11 is 1.67. The number of nitrogens with zero attached hydrogens (tertiary/aromatic N) is 3. The van der Waals surface area contributed by atoms with Crippen LogP contribution in [0.2, 0.25) is 0 Å². The van der Waals surface area contributed by atoms with Crippen molar-refractivity contribution in [3.05, 3.63) is 96.1 Å². The fourth-order valence-electron chi connectivity index (χ4n) is 4.38. The van der Waals surface area contributed by atoms with Gasteiger partial charge in [0.25, 0.3) is 0 Å². The molecule has 0 radical (unpaired) electrons. The van der Waals surface area contributed by atoms with Gasteiger partial charge in [-0.25, -0.2) is 9.98 Å². The van der Waals surface area contributed by atoms with E-state index in [1.807, 2.05) is 12.1 Å². The molecule has 1 aliphatic rings. The van der Waals surface area contributed by atoms with E-state index in [0.717, 1.165) is 39.2 Å². The highest BCUT2D eigenvalue weighted by Crippen LogP contribution is 2.40. The molecule has 1 atom stereocenters. The lowest BCUT2D eigenvalue weighted by Gasteiger charge is -2.36. The number of piperidine rings is 1. The maximum atomic E-state index is 5.35. The van der Waals surface area contributed by atoms with Crippen LogP contribution >= 0.6 is 11.3 Å². The Labute approximate surface area is 200 Å². The third-order valence-corrected chi connectivity index (χ3v) is 7.27. The van der Waals surface area contributed by atoms with Gasteiger partial charge in [0.15, 0.2) is 0 Å². The average molecular weight is 452 g/mol. The highest BCUT2D eigenvalue weighted by atomic mass is 32.1. The summed E-state index contributed by atoms with van der Waals surface area (Å²) in [6.45, 7) is 5.49. The predicted molar refractivity (Wildman–Crippen MR) is 140 cm³/mol. The number of benzene rings is 3. The molecule has 1 aliphatic heterocycles. The van der Waals surface area contributed by atoms with Crippen LogP contribution in [-0.2, 0) is 0 Å². The van der Waals surface area contributed by atoms with Crippen LogP contribution in [0.3, 0.4) is 0 Å². The number of aryl methyl sites for hydroxylation is 1. The first-order valence-electron chi connectivity index (χ1n) is 11.7. The van der Waals surface area contributed by atoms with E-state index < -0.39 is 0 Å². The molecule has 1 aromatic heterocycles. The van der Waals surface area contributed by atoms with Gasteiger partial charge in [-0.2, -0.15) is 0 Å². The van der Waals surface area contributed by atoms with Gasteiger partial charge in [-0.1, -0.05) is 102 Å². The Morgan fingerprint density at radius 2 is 1.55 bits per heavy atom. The van der Waals surface area contributed by atoms with Crippen molar-refractivity contribution in [3.8, 4) is 21.8 Å². The van der Waals surface area contributed by atoms with Gasteiger partial charge in [0.1, 0.15) is 21.5 Å². The topological polar surface area (TPSA) is 28.5 Å². The SMILES string of the molecule is Cc1ccc(C(=Nc2sc(-c3ccccc3)nc2-c2ccccc2)N2CCCC[C@@H]2C)cc1. The van der Waals surface area contributed by atoms with Crippen LogP contribution in [-0.4, -0.2) is 28.3 Å². The molecular formula is C29H29N3S. The zero-order chi connectivity index (χ0) is 22.6. The van der Waals surface area contributed by atoms with E-state index in [1.165, 1.54) is 30.4 Å². The van der Waals surface area contributed by atoms with Gasteiger partial charge >= 0.3 is 0 Å². The maximum Gasteiger partial charge on any atom is 0.146 e. The van der Waals surface area contributed by atoms with E-state index in [9.17, 15) is 0 Å². The fraction of sp³-hybridized carbons (Fsp3) is 0.241. The third kappa shape index (κ3) is 4.76.